The summed E-state index contributed by atoms with van der Waals surface area (Å²) in [7, 11) is 0. The molecule has 0 N–H and O–H groups in total. The van der Waals surface area contributed by atoms with Crippen molar-refractivity contribution in [2.45, 2.75) is 32.7 Å². The van der Waals surface area contributed by atoms with Crippen molar-refractivity contribution in [3.05, 3.63) is 59.7 Å². The Balaban J connectivity index is 1.88. The van der Waals surface area contributed by atoms with Gasteiger partial charge in [0.1, 0.15) is 17.2 Å². The quantitative estimate of drug-likeness (QED) is 0.541. The number of piperidine rings is 1. The van der Waals surface area contributed by atoms with E-state index in [2.05, 4.69) is 16.8 Å². The van der Waals surface area contributed by atoms with Gasteiger partial charge in [-0.25, -0.2) is 13.8 Å². The fourth-order valence-electron chi connectivity index (χ4n) is 4.22. The van der Waals surface area contributed by atoms with Crippen molar-refractivity contribution in [2.24, 2.45) is 0 Å². The van der Waals surface area contributed by atoms with Crippen molar-refractivity contribution in [3.63, 3.8) is 0 Å². The number of likely N-dealkylation sites (tertiary alicyclic amines) is 1. The second-order valence-electron chi connectivity index (χ2n) is 7.82. The molecule has 0 spiro atoms. The lowest BCUT2D eigenvalue weighted by Crippen LogP contribution is -2.36. The average molecular weight is 409 g/mol. The van der Waals surface area contributed by atoms with E-state index in [-0.39, 0.29) is 17.3 Å². The molecule has 1 aliphatic rings. The van der Waals surface area contributed by atoms with Crippen LogP contribution in [-0.2, 0) is 4.79 Å². The Kier molecular flexibility index (Phi) is 5.77. The number of carbonyl (C=O) groups is 1. The lowest BCUT2D eigenvalue weighted by Gasteiger charge is -2.33. The minimum Gasteiger partial charge on any atom is -0.319 e. The third kappa shape index (κ3) is 4.05. The zero-order valence-electron chi connectivity index (χ0n) is 17.2. The van der Waals surface area contributed by atoms with Gasteiger partial charge in [-0.3, -0.25) is 4.79 Å². The number of aromatic nitrogens is 2. The van der Waals surface area contributed by atoms with E-state index in [0.717, 1.165) is 49.7 Å². The molecule has 0 amide bonds. The summed E-state index contributed by atoms with van der Waals surface area (Å²) in [6.07, 6.45) is 5.21. The molecule has 3 aromatic rings. The Morgan fingerprint density at radius 3 is 2.87 bits per heavy atom. The van der Waals surface area contributed by atoms with Gasteiger partial charge >= 0.3 is 0 Å². The maximum Gasteiger partial charge on any atom is 0.153 e. The number of hydrogen-bond donors (Lipinski definition) is 0. The molecule has 4 nitrogen and oxygen atoms in total. The molecule has 0 aliphatic carbocycles. The molecule has 30 heavy (non-hydrogen) atoms. The Morgan fingerprint density at radius 2 is 2.10 bits per heavy atom. The first-order valence-electron chi connectivity index (χ1n) is 10.3. The summed E-state index contributed by atoms with van der Waals surface area (Å²) < 4.78 is 30.7. The number of imidazole rings is 1. The number of ketones is 1. The second kappa shape index (κ2) is 8.48. The second-order valence-corrected chi connectivity index (χ2v) is 7.82. The highest BCUT2D eigenvalue weighted by molar-refractivity contribution is 5.91. The summed E-state index contributed by atoms with van der Waals surface area (Å²) >= 11 is 0. The van der Waals surface area contributed by atoms with Crippen molar-refractivity contribution < 1.29 is 13.6 Å². The van der Waals surface area contributed by atoms with E-state index in [1.807, 2.05) is 28.8 Å². The van der Waals surface area contributed by atoms with Crippen molar-refractivity contribution in [1.82, 2.24) is 14.5 Å². The Labute approximate surface area is 174 Å². The first-order chi connectivity index (χ1) is 14.5. The molecule has 4 rings (SSSR count). The summed E-state index contributed by atoms with van der Waals surface area (Å²) in [5, 5.41) is 0. The lowest BCUT2D eigenvalue weighted by atomic mass is 10.0. The molecular formula is C24H25F2N3O. The summed E-state index contributed by atoms with van der Waals surface area (Å²) in [6, 6.07) is 9.96. The SMILES string of the molecule is CCN1CCCC(n2c(-c3cccc(/C=C/C(C)=O)c3)nc3c(F)cc(F)cc32)C1. The van der Waals surface area contributed by atoms with Gasteiger partial charge in [0.15, 0.2) is 11.6 Å². The number of fused-ring (bicyclic) bond motifs is 1. The maximum atomic E-state index is 14.6. The van der Waals surface area contributed by atoms with Crippen LogP contribution < -0.4 is 0 Å². The Bertz CT molecular complexity index is 1120. The van der Waals surface area contributed by atoms with Crippen molar-refractivity contribution >= 4 is 22.9 Å². The van der Waals surface area contributed by atoms with E-state index >= 15 is 0 Å². The number of allylic oxidation sites excluding steroid dienone is 1. The van der Waals surface area contributed by atoms with Gasteiger partial charge in [0, 0.05) is 24.2 Å². The molecule has 2 aromatic carbocycles. The van der Waals surface area contributed by atoms with Gasteiger partial charge in [-0.1, -0.05) is 31.2 Å². The average Bonchev–Trinajstić information content (AvgIpc) is 3.12. The first-order valence-corrected chi connectivity index (χ1v) is 10.3. The van der Waals surface area contributed by atoms with E-state index < -0.39 is 11.6 Å². The number of likely N-dealkylation sites (N-methyl/N-ethyl adjacent to an activating group) is 1. The summed E-state index contributed by atoms with van der Waals surface area (Å²) in [6.45, 7) is 6.41. The number of nitrogens with zero attached hydrogens (tertiary/aromatic N) is 3. The summed E-state index contributed by atoms with van der Waals surface area (Å²) in [5.41, 5.74) is 2.33. The van der Waals surface area contributed by atoms with Crippen LogP contribution in [0.5, 0.6) is 0 Å². The molecule has 2 heterocycles. The molecule has 0 radical (unpaired) electrons. The normalized spacial score (nSPS) is 17.8. The van der Waals surface area contributed by atoms with Crippen LogP contribution in [0, 0.1) is 11.6 Å². The van der Waals surface area contributed by atoms with Gasteiger partial charge in [0.2, 0.25) is 0 Å². The van der Waals surface area contributed by atoms with Crippen LogP contribution in [0.4, 0.5) is 8.78 Å². The van der Waals surface area contributed by atoms with Crippen LogP contribution in [0.2, 0.25) is 0 Å². The number of benzene rings is 2. The van der Waals surface area contributed by atoms with Crippen molar-refractivity contribution in [2.75, 3.05) is 19.6 Å². The predicted octanol–water partition coefficient (Wildman–Crippen LogP) is 5.24. The Hall–Kier alpha value is -2.86. The third-order valence-electron chi connectivity index (χ3n) is 5.66. The highest BCUT2D eigenvalue weighted by Gasteiger charge is 2.26. The van der Waals surface area contributed by atoms with Gasteiger partial charge < -0.3 is 9.47 Å². The Morgan fingerprint density at radius 1 is 1.27 bits per heavy atom. The van der Waals surface area contributed by atoms with Gasteiger partial charge in [-0.2, -0.15) is 0 Å². The van der Waals surface area contributed by atoms with Crippen LogP contribution in [0.3, 0.4) is 0 Å². The molecule has 1 aromatic heterocycles. The molecule has 0 saturated carbocycles. The van der Waals surface area contributed by atoms with E-state index in [9.17, 15) is 13.6 Å². The molecule has 1 fully saturated rings. The first kappa shape index (κ1) is 20.4. The molecular weight excluding hydrogens is 384 g/mol. The highest BCUT2D eigenvalue weighted by Crippen LogP contribution is 2.34. The van der Waals surface area contributed by atoms with Crippen LogP contribution in [-0.4, -0.2) is 39.9 Å². The van der Waals surface area contributed by atoms with E-state index in [1.165, 1.54) is 19.1 Å². The van der Waals surface area contributed by atoms with Gasteiger partial charge in [0.25, 0.3) is 0 Å². The lowest BCUT2D eigenvalue weighted by molar-refractivity contribution is -0.112. The molecule has 1 aliphatic heterocycles. The fraction of sp³-hybridized carbons (Fsp3) is 0.333. The standard InChI is InChI=1S/C24H25F2N3O/c1-3-28-11-5-8-20(15-28)29-22-14-19(25)13-21(26)23(22)27-24(29)18-7-4-6-17(12-18)10-9-16(2)30/h4,6-7,9-10,12-14,20H,3,5,8,11,15H2,1-2H3/b10-9+. The number of hydrogen-bond acceptors (Lipinski definition) is 3. The zero-order chi connectivity index (χ0) is 21.3. The smallest absolute Gasteiger partial charge is 0.153 e. The molecule has 0 bridgehead atoms. The zero-order valence-corrected chi connectivity index (χ0v) is 17.2. The van der Waals surface area contributed by atoms with E-state index in [4.69, 9.17) is 0 Å². The molecule has 6 heteroatoms. The third-order valence-corrected chi connectivity index (χ3v) is 5.66. The number of rotatable bonds is 5. The van der Waals surface area contributed by atoms with E-state index in [1.54, 1.807) is 6.08 Å². The minimum absolute atomic E-state index is 0.0351. The van der Waals surface area contributed by atoms with Crippen molar-refractivity contribution in [1.29, 1.82) is 0 Å². The largest absolute Gasteiger partial charge is 0.319 e. The molecule has 156 valence electrons. The maximum absolute atomic E-state index is 14.6. The topological polar surface area (TPSA) is 38.1 Å². The fourth-order valence-corrected chi connectivity index (χ4v) is 4.22. The number of carbonyl (C=O) groups excluding carboxylic acids is 1. The molecule has 1 saturated heterocycles. The predicted molar refractivity (Wildman–Crippen MR) is 115 cm³/mol. The van der Waals surface area contributed by atoms with Crippen LogP contribution in [0.25, 0.3) is 28.5 Å². The van der Waals surface area contributed by atoms with E-state index in [0.29, 0.717) is 11.3 Å². The highest BCUT2D eigenvalue weighted by atomic mass is 19.1. The van der Waals surface area contributed by atoms with Crippen LogP contribution >= 0.6 is 0 Å². The molecule has 1 unspecified atom stereocenters. The van der Waals surface area contributed by atoms with Crippen LogP contribution in [0.1, 0.15) is 38.3 Å². The summed E-state index contributed by atoms with van der Waals surface area (Å²) in [5.74, 6) is -0.669. The van der Waals surface area contributed by atoms with Gasteiger partial charge in [-0.15, -0.1) is 0 Å². The van der Waals surface area contributed by atoms with Gasteiger partial charge in [0.05, 0.1) is 5.52 Å². The van der Waals surface area contributed by atoms with Crippen LogP contribution in [0.15, 0.2) is 42.5 Å². The van der Waals surface area contributed by atoms with Gasteiger partial charge in [-0.05, 0) is 56.6 Å². The minimum atomic E-state index is -0.652. The molecule has 1 atom stereocenters. The number of halogens is 2. The van der Waals surface area contributed by atoms with Crippen molar-refractivity contribution in [3.8, 4) is 11.4 Å². The summed E-state index contributed by atoms with van der Waals surface area (Å²) in [4.78, 5) is 18.2. The monoisotopic (exact) mass is 409 g/mol.